The van der Waals surface area contributed by atoms with Gasteiger partial charge in [-0.2, -0.15) is 0 Å². The van der Waals surface area contributed by atoms with Crippen LogP contribution >= 0.6 is 24.0 Å². The number of nitrogens with one attached hydrogen (secondary N) is 4. The Kier molecular flexibility index (Phi) is 8.18. The van der Waals surface area contributed by atoms with Crippen LogP contribution in [0.25, 0.3) is 0 Å². The molecule has 0 atom stereocenters. The van der Waals surface area contributed by atoms with E-state index in [0.717, 1.165) is 11.8 Å². The highest BCUT2D eigenvalue weighted by atomic mass is 32.2. The summed E-state index contributed by atoms with van der Waals surface area (Å²) in [5.74, 6) is -0.360. The van der Waals surface area contributed by atoms with Crippen LogP contribution in [-0.4, -0.2) is 33.4 Å². The Morgan fingerprint density at radius 2 is 1.50 bits per heavy atom. The average molecular weight is 419 g/mol. The molecule has 0 heterocycles. The number of benzene rings is 2. The van der Waals surface area contributed by atoms with Crippen molar-refractivity contribution in [1.82, 2.24) is 10.9 Å². The standard InChI is InChI=1S/C17H17N5O4S2/c23-15(18-12-4-2-1-3-5-12)10-28-11-16(24)20-21-17(27)19-13-6-8-14(9-7-13)22(25)26/h1-9H,10-11H2,(H,18,23)(H,20,24)(H2,19,21,27). The number of hydrogen-bond donors (Lipinski definition) is 4. The summed E-state index contributed by atoms with van der Waals surface area (Å²) in [7, 11) is 0. The molecule has 0 spiro atoms. The van der Waals surface area contributed by atoms with E-state index in [1.807, 2.05) is 18.2 Å². The maximum atomic E-state index is 11.8. The van der Waals surface area contributed by atoms with Crippen LogP contribution in [0.1, 0.15) is 0 Å². The van der Waals surface area contributed by atoms with Gasteiger partial charge in [0.1, 0.15) is 0 Å². The Balaban J connectivity index is 1.63. The number of non-ortho nitro benzene ring substituents is 1. The first-order valence-electron chi connectivity index (χ1n) is 7.97. The van der Waals surface area contributed by atoms with Gasteiger partial charge in [-0.05, 0) is 36.5 Å². The molecule has 11 heteroatoms. The lowest BCUT2D eigenvalue weighted by atomic mass is 10.3. The number of nitro groups is 1. The van der Waals surface area contributed by atoms with Crippen LogP contribution in [0.2, 0.25) is 0 Å². The van der Waals surface area contributed by atoms with Crippen LogP contribution in [0.5, 0.6) is 0 Å². The largest absolute Gasteiger partial charge is 0.331 e. The third-order valence-corrected chi connectivity index (χ3v) is 4.31. The molecule has 2 aromatic carbocycles. The molecule has 0 aliphatic carbocycles. The van der Waals surface area contributed by atoms with Gasteiger partial charge in [-0.3, -0.25) is 30.6 Å². The number of thiocarbonyl (C=S) groups is 1. The van der Waals surface area contributed by atoms with E-state index >= 15 is 0 Å². The van der Waals surface area contributed by atoms with E-state index in [0.29, 0.717) is 11.4 Å². The molecule has 146 valence electrons. The summed E-state index contributed by atoms with van der Waals surface area (Å²) in [6.07, 6.45) is 0. The lowest BCUT2D eigenvalue weighted by molar-refractivity contribution is -0.384. The minimum Gasteiger partial charge on any atom is -0.331 e. The molecule has 0 fully saturated rings. The first kappa shape index (κ1) is 21.1. The molecule has 2 aromatic rings. The molecule has 28 heavy (non-hydrogen) atoms. The van der Waals surface area contributed by atoms with Crippen LogP contribution < -0.4 is 21.5 Å². The number of hydrazine groups is 1. The van der Waals surface area contributed by atoms with Crippen molar-refractivity contribution in [3.8, 4) is 0 Å². The van der Waals surface area contributed by atoms with Gasteiger partial charge in [0.25, 0.3) is 5.69 Å². The molecule has 0 unspecified atom stereocenters. The monoisotopic (exact) mass is 419 g/mol. The predicted molar refractivity (Wildman–Crippen MR) is 113 cm³/mol. The van der Waals surface area contributed by atoms with E-state index in [9.17, 15) is 19.7 Å². The van der Waals surface area contributed by atoms with Gasteiger partial charge in [0.2, 0.25) is 11.8 Å². The third kappa shape index (κ3) is 7.60. The van der Waals surface area contributed by atoms with E-state index in [2.05, 4.69) is 21.5 Å². The second-order valence-corrected chi connectivity index (χ2v) is 6.73. The first-order chi connectivity index (χ1) is 13.4. The van der Waals surface area contributed by atoms with Gasteiger partial charge in [0.15, 0.2) is 5.11 Å². The van der Waals surface area contributed by atoms with Crippen molar-refractivity contribution in [3.63, 3.8) is 0 Å². The number of nitrogens with zero attached hydrogens (tertiary/aromatic N) is 1. The van der Waals surface area contributed by atoms with Gasteiger partial charge >= 0.3 is 0 Å². The number of para-hydroxylation sites is 1. The quantitative estimate of drug-likeness (QED) is 0.306. The fraction of sp³-hybridized carbons (Fsp3) is 0.118. The molecular weight excluding hydrogens is 402 g/mol. The molecule has 0 bridgehead atoms. The van der Waals surface area contributed by atoms with Crippen molar-refractivity contribution in [2.45, 2.75) is 0 Å². The Bertz CT molecular complexity index is 846. The topological polar surface area (TPSA) is 125 Å². The van der Waals surface area contributed by atoms with Crippen molar-refractivity contribution in [3.05, 3.63) is 64.7 Å². The summed E-state index contributed by atoms with van der Waals surface area (Å²) in [5, 5.41) is 16.2. The molecule has 2 rings (SSSR count). The maximum Gasteiger partial charge on any atom is 0.269 e. The Hall–Kier alpha value is -3.18. The number of hydrogen-bond acceptors (Lipinski definition) is 6. The Morgan fingerprint density at radius 3 is 2.14 bits per heavy atom. The molecular formula is C17H17N5O4S2. The zero-order valence-corrected chi connectivity index (χ0v) is 16.1. The molecule has 9 nitrogen and oxygen atoms in total. The SMILES string of the molecule is O=C(CSCC(=O)Nc1ccccc1)NNC(=S)Nc1ccc([N+](=O)[O-])cc1. The molecule has 0 saturated heterocycles. The molecule has 0 saturated carbocycles. The Morgan fingerprint density at radius 1 is 0.893 bits per heavy atom. The first-order valence-corrected chi connectivity index (χ1v) is 9.53. The summed E-state index contributed by atoms with van der Waals surface area (Å²) in [6, 6.07) is 14.7. The summed E-state index contributed by atoms with van der Waals surface area (Å²) >= 11 is 6.18. The highest BCUT2D eigenvalue weighted by Gasteiger charge is 2.07. The number of rotatable bonds is 7. The average Bonchev–Trinajstić information content (AvgIpc) is 2.67. The number of nitro benzene ring substituents is 1. The fourth-order valence-corrected chi connectivity index (χ4v) is 2.73. The zero-order chi connectivity index (χ0) is 20.4. The molecule has 2 amide bonds. The highest BCUT2D eigenvalue weighted by molar-refractivity contribution is 8.00. The summed E-state index contributed by atoms with van der Waals surface area (Å²) in [6.45, 7) is 0. The van der Waals surface area contributed by atoms with E-state index in [1.54, 1.807) is 12.1 Å². The number of carbonyl (C=O) groups is 2. The van der Waals surface area contributed by atoms with Crippen LogP contribution in [0, 0.1) is 10.1 Å². The van der Waals surface area contributed by atoms with Gasteiger partial charge < -0.3 is 10.6 Å². The van der Waals surface area contributed by atoms with Gasteiger partial charge in [0.05, 0.1) is 16.4 Å². The maximum absolute atomic E-state index is 11.8. The normalized spacial score (nSPS) is 9.86. The van der Waals surface area contributed by atoms with E-state index < -0.39 is 4.92 Å². The third-order valence-electron chi connectivity index (χ3n) is 3.18. The van der Waals surface area contributed by atoms with E-state index in [4.69, 9.17) is 12.2 Å². The minimum atomic E-state index is -0.502. The van der Waals surface area contributed by atoms with Gasteiger partial charge in [0, 0.05) is 23.5 Å². The second kappa shape index (κ2) is 10.8. The van der Waals surface area contributed by atoms with Gasteiger partial charge in [-0.1, -0.05) is 18.2 Å². The molecule has 4 N–H and O–H groups in total. The number of anilines is 2. The zero-order valence-electron chi connectivity index (χ0n) is 14.5. The number of amides is 2. The van der Waals surface area contributed by atoms with Gasteiger partial charge in [-0.15, -0.1) is 11.8 Å². The van der Waals surface area contributed by atoms with Crippen molar-refractivity contribution < 1.29 is 14.5 Å². The predicted octanol–water partition coefficient (Wildman–Crippen LogP) is 2.28. The van der Waals surface area contributed by atoms with Crippen molar-refractivity contribution in [2.75, 3.05) is 22.1 Å². The molecule has 0 radical (unpaired) electrons. The highest BCUT2D eigenvalue weighted by Crippen LogP contribution is 2.15. The van der Waals surface area contributed by atoms with E-state index in [-0.39, 0.29) is 34.1 Å². The minimum absolute atomic E-state index is 0.0361. The van der Waals surface area contributed by atoms with Crippen molar-refractivity contribution >= 4 is 58.0 Å². The van der Waals surface area contributed by atoms with Crippen LogP contribution in [0.3, 0.4) is 0 Å². The fourth-order valence-electron chi connectivity index (χ4n) is 1.95. The van der Waals surface area contributed by atoms with Gasteiger partial charge in [-0.25, -0.2) is 0 Å². The van der Waals surface area contributed by atoms with Crippen LogP contribution in [0.4, 0.5) is 17.1 Å². The summed E-state index contributed by atoms with van der Waals surface area (Å²) < 4.78 is 0. The van der Waals surface area contributed by atoms with Crippen LogP contribution in [0.15, 0.2) is 54.6 Å². The molecule has 0 aromatic heterocycles. The summed E-state index contributed by atoms with van der Waals surface area (Å²) in [4.78, 5) is 33.7. The number of carbonyl (C=O) groups excluding carboxylic acids is 2. The van der Waals surface area contributed by atoms with E-state index in [1.165, 1.54) is 24.3 Å². The lowest BCUT2D eigenvalue weighted by Crippen LogP contribution is -2.44. The molecule has 0 aliphatic rings. The summed E-state index contributed by atoms with van der Waals surface area (Å²) in [5.41, 5.74) is 6.11. The van der Waals surface area contributed by atoms with Crippen molar-refractivity contribution in [1.29, 1.82) is 0 Å². The second-order valence-electron chi connectivity index (χ2n) is 5.34. The lowest BCUT2D eigenvalue weighted by Gasteiger charge is -2.11. The Labute approximate surface area is 170 Å². The number of thioether (sulfide) groups is 1. The molecule has 0 aliphatic heterocycles. The van der Waals surface area contributed by atoms with Crippen molar-refractivity contribution in [2.24, 2.45) is 0 Å². The van der Waals surface area contributed by atoms with Crippen LogP contribution in [-0.2, 0) is 9.59 Å². The smallest absolute Gasteiger partial charge is 0.269 e.